The first-order valence-electron chi connectivity index (χ1n) is 5.35. The predicted octanol–water partition coefficient (Wildman–Crippen LogP) is -0.471. The molecular formula is C14H16BrN. The van der Waals surface area contributed by atoms with Gasteiger partial charge in [-0.25, -0.2) is 4.57 Å². The van der Waals surface area contributed by atoms with Crippen LogP contribution in [0.4, 0.5) is 0 Å². The quantitative estimate of drug-likeness (QED) is 0.668. The summed E-state index contributed by atoms with van der Waals surface area (Å²) in [5.41, 5.74) is 2.71. The topological polar surface area (TPSA) is 3.88 Å². The molecule has 0 spiro atoms. The van der Waals surface area contributed by atoms with Crippen LogP contribution in [0.5, 0.6) is 0 Å². The summed E-state index contributed by atoms with van der Waals surface area (Å²) in [7, 11) is 0. The Hall–Kier alpha value is -1.15. The highest BCUT2D eigenvalue weighted by Gasteiger charge is 2.03. The van der Waals surface area contributed by atoms with E-state index in [-0.39, 0.29) is 17.0 Å². The number of nitrogens with zero attached hydrogens (tertiary/aromatic N) is 1. The fourth-order valence-corrected chi connectivity index (χ4v) is 1.71. The van der Waals surface area contributed by atoms with Crippen LogP contribution < -0.4 is 21.5 Å². The third-order valence-electron chi connectivity index (χ3n) is 2.65. The van der Waals surface area contributed by atoms with E-state index in [2.05, 4.69) is 66.2 Å². The second-order valence-corrected chi connectivity index (χ2v) is 3.77. The van der Waals surface area contributed by atoms with E-state index in [9.17, 15) is 0 Å². The van der Waals surface area contributed by atoms with Crippen molar-refractivity contribution in [3.8, 4) is 0 Å². The van der Waals surface area contributed by atoms with E-state index in [4.69, 9.17) is 0 Å². The van der Waals surface area contributed by atoms with Crippen LogP contribution in [0.1, 0.15) is 11.3 Å². The molecule has 0 fully saturated rings. The van der Waals surface area contributed by atoms with Crippen LogP contribution in [0, 0.1) is 6.92 Å². The first-order valence-corrected chi connectivity index (χ1v) is 5.35. The van der Waals surface area contributed by atoms with Gasteiger partial charge < -0.3 is 17.0 Å². The molecule has 0 aliphatic rings. The van der Waals surface area contributed by atoms with Gasteiger partial charge in [0, 0.05) is 25.5 Å². The first kappa shape index (κ1) is 12.9. The second-order valence-electron chi connectivity index (χ2n) is 3.77. The number of hydrogen-bond donors (Lipinski definition) is 0. The normalized spacial score (nSPS) is 9.56. The molecule has 2 rings (SSSR count). The molecule has 0 amide bonds. The van der Waals surface area contributed by atoms with E-state index in [1.54, 1.807) is 0 Å². The highest BCUT2D eigenvalue weighted by Crippen LogP contribution is 1.99. The van der Waals surface area contributed by atoms with Crippen LogP contribution in [0.25, 0.3) is 0 Å². The van der Waals surface area contributed by atoms with Crippen LogP contribution in [-0.2, 0) is 13.0 Å². The summed E-state index contributed by atoms with van der Waals surface area (Å²) in [4.78, 5) is 0. The molecule has 0 saturated heterocycles. The van der Waals surface area contributed by atoms with Crippen molar-refractivity contribution in [2.75, 3.05) is 0 Å². The lowest BCUT2D eigenvalue weighted by Gasteiger charge is -2.00. The molecule has 84 valence electrons. The summed E-state index contributed by atoms with van der Waals surface area (Å²) >= 11 is 0. The Morgan fingerprint density at radius 1 is 0.938 bits per heavy atom. The Bertz CT molecular complexity index is 426. The molecule has 0 radical (unpaired) electrons. The molecule has 0 atom stereocenters. The SMILES string of the molecule is Cc1cccc[n+]1CCc1ccccc1.[Br-]. The maximum absolute atomic E-state index is 2.28. The van der Waals surface area contributed by atoms with E-state index < -0.39 is 0 Å². The van der Waals surface area contributed by atoms with E-state index in [1.807, 2.05) is 0 Å². The molecule has 2 heteroatoms. The lowest BCUT2D eigenvalue weighted by atomic mass is 10.1. The molecule has 0 N–H and O–H groups in total. The van der Waals surface area contributed by atoms with Gasteiger partial charge >= 0.3 is 0 Å². The number of pyridine rings is 1. The summed E-state index contributed by atoms with van der Waals surface area (Å²) in [6, 6.07) is 16.9. The highest BCUT2D eigenvalue weighted by molar-refractivity contribution is 5.14. The number of rotatable bonds is 3. The number of halogens is 1. The van der Waals surface area contributed by atoms with Gasteiger partial charge in [0.2, 0.25) is 0 Å². The van der Waals surface area contributed by atoms with E-state index in [0.29, 0.717) is 0 Å². The molecule has 1 aromatic carbocycles. The Morgan fingerprint density at radius 2 is 1.62 bits per heavy atom. The molecule has 1 nitrogen and oxygen atoms in total. The molecule has 1 heterocycles. The largest absolute Gasteiger partial charge is 1.00 e. The van der Waals surface area contributed by atoms with Gasteiger partial charge in [-0.05, 0) is 5.56 Å². The van der Waals surface area contributed by atoms with Crippen LogP contribution in [0.2, 0.25) is 0 Å². The van der Waals surface area contributed by atoms with Crippen LogP contribution in [0.3, 0.4) is 0 Å². The van der Waals surface area contributed by atoms with Gasteiger partial charge in [0.1, 0.15) is 0 Å². The van der Waals surface area contributed by atoms with Crippen molar-refractivity contribution in [3.05, 3.63) is 66.0 Å². The molecule has 0 saturated carbocycles. The second kappa shape index (κ2) is 6.44. The van der Waals surface area contributed by atoms with Gasteiger partial charge in [-0.2, -0.15) is 0 Å². The third kappa shape index (κ3) is 3.46. The fourth-order valence-electron chi connectivity index (χ4n) is 1.71. The molecule has 0 unspecified atom stereocenters. The summed E-state index contributed by atoms with van der Waals surface area (Å²) in [6.07, 6.45) is 3.23. The average Bonchev–Trinajstić information content (AvgIpc) is 2.29. The monoisotopic (exact) mass is 277 g/mol. The minimum absolute atomic E-state index is 0. The summed E-state index contributed by atoms with van der Waals surface area (Å²) in [6.45, 7) is 3.20. The van der Waals surface area contributed by atoms with Crippen molar-refractivity contribution >= 4 is 0 Å². The summed E-state index contributed by atoms with van der Waals surface area (Å²) in [5, 5.41) is 0. The third-order valence-corrected chi connectivity index (χ3v) is 2.65. The molecule has 16 heavy (non-hydrogen) atoms. The lowest BCUT2D eigenvalue weighted by Crippen LogP contribution is -3.00. The Kier molecular flexibility index (Phi) is 5.20. The van der Waals surface area contributed by atoms with E-state index >= 15 is 0 Å². The molecular weight excluding hydrogens is 262 g/mol. The molecule has 0 bridgehead atoms. The van der Waals surface area contributed by atoms with Crippen LogP contribution in [-0.4, -0.2) is 0 Å². The molecule has 0 aliphatic heterocycles. The standard InChI is InChI=1S/C14H16N.BrH/c1-13-7-5-6-11-15(13)12-10-14-8-3-2-4-9-14;/h2-9,11H,10,12H2,1H3;1H/q+1;/p-1. The maximum atomic E-state index is 2.28. The maximum Gasteiger partial charge on any atom is 0.178 e. The fraction of sp³-hybridized carbons (Fsp3) is 0.214. The van der Waals surface area contributed by atoms with Crippen molar-refractivity contribution in [1.82, 2.24) is 0 Å². The zero-order valence-corrected chi connectivity index (χ0v) is 11.0. The van der Waals surface area contributed by atoms with Gasteiger partial charge in [-0.1, -0.05) is 36.4 Å². The Labute approximate surface area is 108 Å². The van der Waals surface area contributed by atoms with Crippen molar-refractivity contribution < 1.29 is 21.5 Å². The highest BCUT2D eigenvalue weighted by atomic mass is 79.9. The lowest BCUT2D eigenvalue weighted by molar-refractivity contribution is -0.702. The zero-order valence-electron chi connectivity index (χ0n) is 9.44. The van der Waals surface area contributed by atoms with Crippen molar-refractivity contribution in [3.63, 3.8) is 0 Å². The number of aryl methyl sites for hydroxylation is 3. The van der Waals surface area contributed by atoms with Crippen LogP contribution in [0.15, 0.2) is 54.7 Å². The number of hydrogen-bond acceptors (Lipinski definition) is 0. The summed E-state index contributed by atoms with van der Waals surface area (Å²) < 4.78 is 2.28. The zero-order chi connectivity index (χ0) is 10.5. The number of benzene rings is 1. The van der Waals surface area contributed by atoms with Crippen molar-refractivity contribution in [2.45, 2.75) is 19.9 Å². The first-order chi connectivity index (χ1) is 7.36. The average molecular weight is 278 g/mol. The van der Waals surface area contributed by atoms with Crippen LogP contribution >= 0.6 is 0 Å². The smallest absolute Gasteiger partial charge is 0.178 e. The molecule has 1 aromatic heterocycles. The predicted molar refractivity (Wildman–Crippen MR) is 61.5 cm³/mol. The minimum atomic E-state index is 0. The van der Waals surface area contributed by atoms with E-state index in [0.717, 1.165) is 13.0 Å². The minimum Gasteiger partial charge on any atom is -1.00 e. The summed E-state index contributed by atoms with van der Waals surface area (Å²) in [5.74, 6) is 0. The van der Waals surface area contributed by atoms with Gasteiger partial charge in [0.15, 0.2) is 18.4 Å². The molecule has 0 aliphatic carbocycles. The Morgan fingerprint density at radius 3 is 2.31 bits per heavy atom. The Balaban J connectivity index is 0.00000128. The van der Waals surface area contributed by atoms with E-state index in [1.165, 1.54) is 11.3 Å². The number of aromatic nitrogens is 1. The molecule has 2 aromatic rings. The van der Waals surface area contributed by atoms with Crippen molar-refractivity contribution in [1.29, 1.82) is 0 Å². The van der Waals surface area contributed by atoms with Crippen molar-refractivity contribution in [2.24, 2.45) is 0 Å². The van der Waals surface area contributed by atoms with Gasteiger partial charge in [-0.3, -0.25) is 0 Å². The van der Waals surface area contributed by atoms with Gasteiger partial charge in [-0.15, -0.1) is 0 Å². The van der Waals surface area contributed by atoms with Gasteiger partial charge in [0.25, 0.3) is 0 Å². The van der Waals surface area contributed by atoms with Gasteiger partial charge in [0.05, 0.1) is 0 Å².